The predicted octanol–water partition coefficient (Wildman–Crippen LogP) is 1.53. The van der Waals surface area contributed by atoms with Crippen molar-refractivity contribution >= 4 is 5.96 Å². The van der Waals surface area contributed by atoms with Gasteiger partial charge in [-0.15, -0.1) is 0 Å². The molecule has 7 heteroatoms. The molecule has 7 nitrogen and oxygen atoms in total. The summed E-state index contributed by atoms with van der Waals surface area (Å²) in [7, 11) is 3.40. The van der Waals surface area contributed by atoms with Gasteiger partial charge in [0.1, 0.15) is 18.1 Å². The predicted molar refractivity (Wildman–Crippen MR) is 94.7 cm³/mol. The summed E-state index contributed by atoms with van der Waals surface area (Å²) in [5, 5.41) is 10.7. The Morgan fingerprint density at radius 2 is 1.92 bits per heavy atom. The first-order valence-corrected chi connectivity index (χ1v) is 8.00. The van der Waals surface area contributed by atoms with Crippen molar-refractivity contribution in [2.24, 2.45) is 4.99 Å². The third-order valence-electron chi connectivity index (χ3n) is 3.36. The normalized spacial score (nSPS) is 11.2. The number of benzene rings is 1. The standard InChI is InChI=1S/C17H25N5O2/c1-18-17(19-9-3-12-22-13-4-10-21-22)20-11-14-24-16-7-5-15(23-2)6-8-16/h4-8,10,13H,3,9,11-12,14H2,1-2H3,(H2,18,19,20). The highest BCUT2D eigenvalue weighted by Crippen LogP contribution is 2.16. The molecular weight excluding hydrogens is 306 g/mol. The lowest BCUT2D eigenvalue weighted by atomic mass is 10.3. The number of nitrogens with zero attached hydrogens (tertiary/aromatic N) is 3. The zero-order valence-electron chi connectivity index (χ0n) is 14.2. The molecule has 0 fully saturated rings. The van der Waals surface area contributed by atoms with Crippen LogP contribution in [0.15, 0.2) is 47.7 Å². The molecule has 0 saturated heterocycles. The van der Waals surface area contributed by atoms with Crippen LogP contribution >= 0.6 is 0 Å². The van der Waals surface area contributed by atoms with E-state index >= 15 is 0 Å². The van der Waals surface area contributed by atoms with Crippen molar-refractivity contribution in [2.75, 3.05) is 33.9 Å². The summed E-state index contributed by atoms with van der Waals surface area (Å²) in [6.07, 6.45) is 4.73. The second-order valence-electron chi connectivity index (χ2n) is 5.07. The van der Waals surface area contributed by atoms with Crippen LogP contribution in [-0.4, -0.2) is 49.6 Å². The summed E-state index contributed by atoms with van der Waals surface area (Å²) in [5.41, 5.74) is 0. The Balaban J connectivity index is 1.57. The van der Waals surface area contributed by atoms with Crippen LogP contribution in [0.3, 0.4) is 0 Å². The van der Waals surface area contributed by atoms with Crippen LogP contribution in [-0.2, 0) is 6.54 Å². The van der Waals surface area contributed by atoms with Gasteiger partial charge < -0.3 is 20.1 Å². The first-order valence-electron chi connectivity index (χ1n) is 8.00. The lowest BCUT2D eigenvalue weighted by Crippen LogP contribution is -2.39. The van der Waals surface area contributed by atoms with Crippen molar-refractivity contribution in [3.05, 3.63) is 42.7 Å². The van der Waals surface area contributed by atoms with E-state index in [0.717, 1.165) is 37.0 Å². The van der Waals surface area contributed by atoms with Crippen molar-refractivity contribution < 1.29 is 9.47 Å². The number of hydrogen-bond acceptors (Lipinski definition) is 4. The number of aryl methyl sites for hydroxylation is 1. The molecule has 130 valence electrons. The van der Waals surface area contributed by atoms with E-state index in [2.05, 4.69) is 20.7 Å². The molecule has 24 heavy (non-hydrogen) atoms. The molecule has 0 aliphatic carbocycles. The minimum Gasteiger partial charge on any atom is -0.497 e. The first kappa shape index (κ1) is 17.7. The Morgan fingerprint density at radius 3 is 2.58 bits per heavy atom. The molecule has 0 amide bonds. The highest BCUT2D eigenvalue weighted by molar-refractivity contribution is 5.79. The van der Waals surface area contributed by atoms with Crippen LogP contribution in [0.2, 0.25) is 0 Å². The highest BCUT2D eigenvalue weighted by atomic mass is 16.5. The Morgan fingerprint density at radius 1 is 1.17 bits per heavy atom. The molecule has 0 radical (unpaired) electrons. The molecule has 1 aromatic heterocycles. The molecule has 2 aromatic rings. The van der Waals surface area contributed by atoms with Gasteiger partial charge >= 0.3 is 0 Å². The average molecular weight is 331 g/mol. The van der Waals surface area contributed by atoms with E-state index < -0.39 is 0 Å². The molecule has 0 spiro atoms. The minimum atomic E-state index is 0.556. The second kappa shape index (κ2) is 10.1. The lowest BCUT2D eigenvalue weighted by molar-refractivity contribution is 0.321. The molecule has 0 atom stereocenters. The molecule has 1 heterocycles. The summed E-state index contributed by atoms with van der Waals surface area (Å²) in [5.74, 6) is 2.41. The van der Waals surface area contributed by atoms with E-state index in [9.17, 15) is 0 Å². The fourth-order valence-corrected chi connectivity index (χ4v) is 2.11. The summed E-state index contributed by atoms with van der Waals surface area (Å²) >= 11 is 0. The molecule has 0 saturated carbocycles. The van der Waals surface area contributed by atoms with E-state index in [1.54, 1.807) is 20.4 Å². The zero-order chi connectivity index (χ0) is 17.0. The number of rotatable bonds is 9. The molecule has 0 bridgehead atoms. The fourth-order valence-electron chi connectivity index (χ4n) is 2.11. The van der Waals surface area contributed by atoms with Crippen LogP contribution in [0.1, 0.15) is 6.42 Å². The fraction of sp³-hybridized carbons (Fsp3) is 0.412. The van der Waals surface area contributed by atoms with E-state index in [0.29, 0.717) is 13.2 Å². The van der Waals surface area contributed by atoms with E-state index in [1.165, 1.54) is 0 Å². The molecule has 1 aromatic carbocycles. The van der Waals surface area contributed by atoms with Crippen LogP contribution in [0, 0.1) is 0 Å². The van der Waals surface area contributed by atoms with E-state index in [4.69, 9.17) is 9.47 Å². The minimum absolute atomic E-state index is 0.556. The number of ether oxygens (including phenoxy) is 2. The van der Waals surface area contributed by atoms with Gasteiger partial charge in [-0.05, 0) is 36.8 Å². The smallest absolute Gasteiger partial charge is 0.191 e. The Hall–Kier alpha value is -2.70. The average Bonchev–Trinajstić information content (AvgIpc) is 3.14. The summed E-state index contributed by atoms with van der Waals surface area (Å²) in [6, 6.07) is 9.46. The van der Waals surface area contributed by atoms with Gasteiger partial charge in [0.25, 0.3) is 0 Å². The maximum absolute atomic E-state index is 5.66. The molecule has 0 unspecified atom stereocenters. The van der Waals surface area contributed by atoms with Crippen LogP contribution in [0.25, 0.3) is 0 Å². The molecule has 0 aliphatic heterocycles. The number of methoxy groups -OCH3 is 1. The van der Waals surface area contributed by atoms with Crippen molar-refractivity contribution in [2.45, 2.75) is 13.0 Å². The lowest BCUT2D eigenvalue weighted by Gasteiger charge is -2.12. The third-order valence-corrected chi connectivity index (χ3v) is 3.36. The number of aromatic nitrogens is 2. The van der Waals surface area contributed by atoms with Gasteiger partial charge in [-0.1, -0.05) is 0 Å². The largest absolute Gasteiger partial charge is 0.497 e. The first-order chi connectivity index (χ1) is 11.8. The van der Waals surface area contributed by atoms with Crippen LogP contribution in [0.5, 0.6) is 11.5 Å². The number of aliphatic imine (C=N–C) groups is 1. The third kappa shape index (κ3) is 6.20. The van der Waals surface area contributed by atoms with Crippen molar-refractivity contribution in [3.63, 3.8) is 0 Å². The Bertz CT molecular complexity index is 596. The monoisotopic (exact) mass is 331 g/mol. The van der Waals surface area contributed by atoms with Crippen molar-refractivity contribution in [1.29, 1.82) is 0 Å². The summed E-state index contributed by atoms with van der Waals surface area (Å²) < 4.78 is 12.7. The molecule has 2 rings (SSSR count). The highest BCUT2D eigenvalue weighted by Gasteiger charge is 1.99. The molecule has 2 N–H and O–H groups in total. The summed E-state index contributed by atoms with van der Waals surface area (Å²) in [6.45, 7) is 2.95. The quantitative estimate of drug-likeness (QED) is 0.414. The number of nitrogens with one attached hydrogen (secondary N) is 2. The van der Waals surface area contributed by atoms with Crippen LogP contribution in [0.4, 0.5) is 0 Å². The van der Waals surface area contributed by atoms with E-state index in [1.807, 2.05) is 41.2 Å². The Labute approximate surface area is 142 Å². The van der Waals surface area contributed by atoms with Gasteiger partial charge in [-0.3, -0.25) is 9.67 Å². The number of hydrogen-bond donors (Lipinski definition) is 2. The van der Waals surface area contributed by atoms with Gasteiger partial charge in [0.05, 0.1) is 13.7 Å². The van der Waals surface area contributed by atoms with E-state index in [-0.39, 0.29) is 0 Å². The van der Waals surface area contributed by atoms with Crippen molar-refractivity contribution in [3.8, 4) is 11.5 Å². The summed E-state index contributed by atoms with van der Waals surface area (Å²) in [4.78, 5) is 4.19. The topological polar surface area (TPSA) is 72.7 Å². The van der Waals surface area contributed by atoms with Crippen molar-refractivity contribution in [1.82, 2.24) is 20.4 Å². The SMILES string of the molecule is CN=C(NCCCn1cccn1)NCCOc1ccc(OC)cc1. The molecule has 0 aliphatic rings. The second-order valence-corrected chi connectivity index (χ2v) is 5.07. The zero-order valence-corrected chi connectivity index (χ0v) is 14.2. The van der Waals surface area contributed by atoms with Crippen LogP contribution < -0.4 is 20.1 Å². The van der Waals surface area contributed by atoms with Gasteiger partial charge in [-0.25, -0.2) is 0 Å². The maximum Gasteiger partial charge on any atom is 0.191 e. The maximum atomic E-state index is 5.66. The number of guanidine groups is 1. The van der Waals surface area contributed by atoms with Gasteiger partial charge in [-0.2, -0.15) is 5.10 Å². The van der Waals surface area contributed by atoms with Gasteiger partial charge in [0.2, 0.25) is 0 Å². The molecular formula is C17H25N5O2. The Kier molecular flexibility index (Phi) is 7.46. The van der Waals surface area contributed by atoms with Gasteiger partial charge in [0.15, 0.2) is 5.96 Å². The van der Waals surface area contributed by atoms with Gasteiger partial charge in [0, 0.05) is 32.5 Å².